The number of para-hydroxylation sites is 1. The first-order chi connectivity index (χ1) is 17.9. The first kappa shape index (κ1) is 23.9. The smallest absolute Gasteiger partial charge is 0.309 e. The molecule has 0 radical (unpaired) electrons. The molecular weight excluding hydrogens is 462 g/mol. The van der Waals surface area contributed by atoms with Gasteiger partial charge in [0.2, 0.25) is 0 Å². The van der Waals surface area contributed by atoms with Crippen molar-refractivity contribution < 1.29 is 9.59 Å². The number of imide groups is 1. The highest BCUT2D eigenvalue weighted by Crippen LogP contribution is 2.41. The van der Waals surface area contributed by atoms with Crippen LogP contribution in [0.25, 0.3) is 5.69 Å². The molecule has 3 heterocycles. The second-order valence-corrected chi connectivity index (χ2v) is 11.2. The number of carbonyl (C=O) groups excluding carboxylic acids is 2. The maximum Gasteiger partial charge on any atom is 0.327 e. The standard InChI is InChI=1S/C30H35N5O2/c1-22(2)19-33-29(37)35(27-16-24-8-6-7-9-25(24)17-27)28(36)30(33)12-14-32(15-13-30)20-23-18-31-34(21-23)26-10-4-3-5-11-26/h3-11,18,21-22,27H,12-17,19-20H2,1-2H3. The fourth-order valence-corrected chi connectivity index (χ4v) is 6.38. The summed E-state index contributed by atoms with van der Waals surface area (Å²) in [6.07, 6.45) is 6.87. The van der Waals surface area contributed by atoms with Crippen LogP contribution in [0.1, 0.15) is 43.4 Å². The average Bonchev–Trinajstić information content (AvgIpc) is 3.59. The van der Waals surface area contributed by atoms with Crippen LogP contribution in [0.3, 0.4) is 0 Å². The van der Waals surface area contributed by atoms with Crippen molar-refractivity contribution in [1.29, 1.82) is 0 Å². The summed E-state index contributed by atoms with van der Waals surface area (Å²) in [5, 5.41) is 4.54. The molecule has 192 valence electrons. The van der Waals surface area contributed by atoms with Gasteiger partial charge in [-0.05, 0) is 54.9 Å². The zero-order valence-electron chi connectivity index (χ0n) is 21.7. The van der Waals surface area contributed by atoms with Crippen molar-refractivity contribution in [2.45, 2.75) is 57.7 Å². The molecule has 3 aromatic rings. The predicted octanol–water partition coefficient (Wildman–Crippen LogP) is 4.29. The van der Waals surface area contributed by atoms with Gasteiger partial charge in [0.15, 0.2) is 0 Å². The number of likely N-dealkylation sites (tertiary alicyclic amines) is 1. The summed E-state index contributed by atoms with van der Waals surface area (Å²) in [6, 6.07) is 18.3. The molecule has 7 heteroatoms. The Hall–Kier alpha value is -3.45. The minimum absolute atomic E-state index is 0.0208. The van der Waals surface area contributed by atoms with Crippen LogP contribution in [-0.2, 0) is 24.2 Å². The highest BCUT2D eigenvalue weighted by molar-refractivity contribution is 6.07. The predicted molar refractivity (Wildman–Crippen MR) is 142 cm³/mol. The third-order valence-electron chi connectivity index (χ3n) is 8.26. The lowest BCUT2D eigenvalue weighted by Gasteiger charge is -2.42. The minimum atomic E-state index is -0.721. The number of fused-ring (bicyclic) bond motifs is 1. The second-order valence-electron chi connectivity index (χ2n) is 11.2. The van der Waals surface area contributed by atoms with E-state index < -0.39 is 5.54 Å². The largest absolute Gasteiger partial charge is 0.327 e. The lowest BCUT2D eigenvalue weighted by atomic mass is 9.85. The van der Waals surface area contributed by atoms with Gasteiger partial charge in [0, 0.05) is 44.0 Å². The van der Waals surface area contributed by atoms with E-state index in [4.69, 9.17) is 0 Å². The van der Waals surface area contributed by atoms with Gasteiger partial charge in [-0.15, -0.1) is 0 Å². The summed E-state index contributed by atoms with van der Waals surface area (Å²) in [7, 11) is 0. The molecule has 0 unspecified atom stereocenters. The zero-order valence-corrected chi connectivity index (χ0v) is 21.7. The lowest BCUT2D eigenvalue weighted by molar-refractivity contribution is -0.137. The first-order valence-electron chi connectivity index (χ1n) is 13.5. The van der Waals surface area contributed by atoms with Gasteiger partial charge in [0.1, 0.15) is 5.54 Å². The number of hydrogen-bond donors (Lipinski definition) is 0. The molecule has 2 fully saturated rings. The van der Waals surface area contributed by atoms with Crippen molar-refractivity contribution in [2.24, 2.45) is 5.92 Å². The van der Waals surface area contributed by atoms with Crippen LogP contribution in [0, 0.1) is 5.92 Å². The Morgan fingerprint density at radius 2 is 1.59 bits per heavy atom. The first-order valence-corrected chi connectivity index (χ1v) is 13.5. The number of carbonyl (C=O) groups is 2. The Kier molecular flexibility index (Phi) is 6.11. The van der Waals surface area contributed by atoms with Crippen molar-refractivity contribution in [2.75, 3.05) is 19.6 Å². The highest BCUT2D eigenvalue weighted by atomic mass is 16.2. The molecule has 7 nitrogen and oxygen atoms in total. The van der Waals surface area contributed by atoms with E-state index in [0.717, 1.165) is 43.7 Å². The maximum atomic E-state index is 14.1. The molecule has 6 rings (SSSR count). The van der Waals surface area contributed by atoms with Crippen LogP contribution in [-0.4, -0.2) is 67.6 Å². The van der Waals surface area contributed by atoms with Crippen LogP contribution >= 0.6 is 0 Å². The lowest BCUT2D eigenvalue weighted by Crippen LogP contribution is -2.57. The molecule has 1 aromatic heterocycles. The molecule has 0 N–H and O–H groups in total. The molecular formula is C30H35N5O2. The van der Waals surface area contributed by atoms with E-state index in [1.807, 2.05) is 58.2 Å². The fraction of sp³-hybridized carbons (Fsp3) is 0.433. The van der Waals surface area contributed by atoms with Crippen LogP contribution in [0.5, 0.6) is 0 Å². The van der Waals surface area contributed by atoms with Crippen LogP contribution in [0.2, 0.25) is 0 Å². The summed E-state index contributed by atoms with van der Waals surface area (Å²) in [5.74, 6) is 0.323. The zero-order chi connectivity index (χ0) is 25.6. The van der Waals surface area contributed by atoms with Gasteiger partial charge in [-0.25, -0.2) is 9.48 Å². The molecule has 3 amide bonds. The Balaban J connectivity index is 1.17. The number of aromatic nitrogens is 2. The number of piperidine rings is 1. The van der Waals surface area contributed by atoms with Gasteiger partial charge in [0.25, 0.3) is 5.91 Å². The summed E-state index contributed by atoms with van der Waals surface area (Å²) in [5.41, 5.74) is 3.99. The molecule has 1 aliphatic carbocycles. The van der Waals surface area contributed by atoms with Crippen LogP contribution in [0.15, 0.2) is 67.0 Å². The monoisotopic (exact) mass is 497 g/mol. The van der Waals surface area contributed by atoms with Crippen molar-refractivity contribution in [1.82, 2.24) is 24.5 Å². The van der Waals surface area contributed by atoms with Crippen molar-refractivity contribution in [3.63, 3.8) is 0 Å². The third-order valence-corrected chi connectivity index (χ3v) is 8.26. The average molecular weight is 498 g/mol. The molecule has 0 bridgehead atoms. The van der Waals surface area contributed by atoms with Crippen molar-refractivity contribution in [3.8, 4) is 5.69 Å². The highest BCUT2D eigenvalue weighted by Gasteiger charge is 2.59. The number of amides is 3. The molecule has 1 spiro atoms. The number of urea groups is 1. The summed E-state index contributed by atoms with van der Waals surface area (Å²) < 4.78 is 1.90. The van der Waals surface area contributed by atoms with Crippen LogP contribution < -0.4 is 0 Å². The summed E-state index contributed by atoms with van der Waals surface area (Å²) >= 11 is 0. The van der Waals surface area contributed by atoms with E-state index in [1.54, 1.807) is 4.90 Å². The second kappa shape index (κ2) is 9.45. The molecule has 2 saturated heterocycles. The minimum Gasteiger partial charge on any atom is -0.309 e. The Labute approximate surface area is 218 Å². The van der Waals surface area contributed by atoms with E-state index in [2.05, 4.69) is 42.2 Å². The Morgan fingerprint density at radius 1 is 0.946 bits per heavy atom. The molecule has 2 aliphatic heterocycles. The quantitative estimate of drug-likeness (QED) is 0.477. The molecule has 2 aromatic carbocycles. The Bertz CT molecular complexity index is 1270. The van der Waals surface area contributed by atoms with Gasteiger partial charge in [-0.2, -0.15) is 5.10 Å². The van der Waals surface area contributed by atoms with Crippen LogP contribution in [0.4, 0.5) is 4.79 Å². The van der Waals surface area contributed by atoms with E-state index in [-0.39, 0.29) is 18.0 Å². The van der Waals surface area contributed by atoms with E-state index >= 15 is 0 Å². The number of hydrogen-bond acceptors (Lipinski definition) is 4. The summed E-state index contributed by atoms with van der Waals surface area (Å²) in [4.78, 5) is 33.8. The van der Waals surface area contributed by atoms with Gasteiger partial charge in [-0.3, -0.25) is 14.6 Å². The van der Waals surface area contributed by atoms with E-state index in [9.17, 15) is 9.59 Å². The number of nitrogens with zero attached hydrogens (tertiary/aromatic N) is 5. The van der Waals surface area contributed by atoms with Crippen molar-refractivity contribution >= 4 is 11.9 Å². The molecule has 37 heavy (non-hydrogen) atoms. The van der Waals surface area contributed by atoms with E-state index in [0.29, 0.717) is 25.3 Å². The molecule has 0 saturated carbocycles. The number of benzene rings is 2. The maximum absolute atomic E-state index is 14.1. The third kappa shape index (κ3) is 4.25. The normalized spacial score (nSPS) is 20.0. The Morgan fingerprint density at radius 3 is 2.24 bits per heavy atom. The number of rotatable bonds is 6. The molecule has 0 atom stereocenters. The van der Waals surface area contributed by atoms with Gasteiger partial charge in [0.05, 0.1) is 11.9 Å². The summed E-state index contributed by atoms with van der Waals surface area (Å²) in [6.45, 7) is 7.21. The topological polar surface area (TPSA) is 61.7 Å². The molecule has 3 aliphatic rings. The van der Waals surface area contributed by atoms with Gasteiger partial charge >= 0.3 is 6.03 Å². The van der Waals surface area contributed by atoms with Gasteiger partial charge in [-0.1, -0.05) is 56.3 Å². The van der Waals surface area contributed by atoms with E-state index in [1.165, 1.54) is 11.1 Å². The van der Waals surface area contributed by atoms with Crippen molar-refractivity contribution in [3.05, 3.63) is 83.7 Å². The SMILES string of the molecule is CC(C)CN1C(=O)N(C2Cc3ccccc3C2)C(=O)C12CCN(Cc1cnn(-c3ccccc3)c1)CC2. The fourth-order valence-electron chi connectivity index (χ4n) is 6.38. The van der Waals surface area contributed by atoms with Gasteiger partial charge < -0.3 is 4.90 Å².